The summed E-state index contributed by atoms with van der Waals surface area (Å²) in [6.07, 6.45) is 3.85. The maximum atomic E-state index is 5.98. The molecule has 0 saturated carbocycles. The molecular weight excluding hydrogens is 186 g/mol. The lowest BCUT2D eigenvalue weighted by molar-refractivity contribution is 1.19. The van der Waals surface area contributed by atoms with Crippen molar-refractivity contribution >= 4 is 17.1 Å². The van der Waals surface area contributed by atoms with Crippen molar-refractivity contribution in [1.29, 1.82) is 0 Å². The van der Waals surface area contributed by atoms with Gasteiger partial charge in [-0.25, -0.2) is 0 Å². The molecule has 3 heteroatoms. The quantitative estimate of drug-likeness (QED) is 0.734. The Hall–Kier alpha value is -1.90. The zero-order valence-electron chi connectivity index (χ0n) is 8.99. The maximum absolute atomic E-state index is 5.98. The second-order valence-electron chi connectivity index (χ2n) is 3.64. The highest BCUT2D eigenvalue weighted by Crippen LogP contribution is 2.31. The molecule has 3 N–H and O–H groups in total. The van der Waals surface area contributed by atoms with E-state index in [1.165, 1.54) is 5.56 Å². The Morgan fingerprint density at radius 1 is 1.27 bits per heavy atom. The fourth-order valence-electron chi connectivity index (χ4n) is 1.79. The standard InChI is InChI=1S/C12H15N3/c1-9-4-3-5-11(13)12(9)15(2)10-6-7-14-8-10/h3-8,14H,13H2,1-2H3. The first-order valence-corrected chi connectivity index (χ1v) is 4.92. The number of H-pyrrole nitrogens is 1. The van der Waals surface area contributed by atoms with Crippen molar-refractivity contribution < 1.29 is 0 Å². The van der Waals surface area contributed by atoms with Crippen LogP contribution in [0.5, 0.6) is 0 Å². The molecule has 0 atom stereocenters. The van der Waals surface area contributed by atoms with Crippen molar-refractivity contribution in [3.05, 3.63) is 42.2 Å². The number of hydrogen-bond donors (Lipinski definition) is 2. The summed E-state index contributed by atoms with van der Waals surface area (Å²) in [5.41, 5.74) is 10.1. The first kappa shape index (κ1) is 9.65. The summed E-state index contributed by atoms with van der Waals surface area (Å²) in [5.74, 6) is 0. The van der Waals surface area contributed by atoms with E-state index < -0.39 is 0 Å². The predicted molar refractivity (Wildman–Crippen MR) is 64.4 cm³/mol. The molecule has 0 unspecified atom stereocenters. The number of anilines is 3. The fourth-order valence-corrected chi connectivity index (χ4v) is 1.79. The summed E-state index contributed by atoms with van der Waals surface area (Å²) >= 11 is 0. The first-order valence-electron chi connectivity index (χ1n) is 4.92. The molecule has 1 aromatic carbocycles. The number of nitrogens with two attached hydrogens (primary N) is 1. The van der Waals surface area contributed by atoms with Gasteiger partial charge in [-0.2, -0.15) is 0 Å². The Bertz CT molecular complexity index is 426. The predicted octanol–water partition coefficient (Wildman–Crippen LogP) is 2.67. The van der Waals surface area contributed by atoms with E-state index in [0.29, 0.717) is 0 Å². The van der Waals surface area contributed by atoms with Gasteiger partial charge in [0.05, 0.1) is 17.1 Å². The zero-order valence-corrected chi connectivity index (χ0v) is 8.99. The lowest BCUT2D eigenvalue weighted by atomic mass is 10.1. The molecule has 15 heavy (non-hydrogen) atoms. The molecule has 0 aliphatic heterocycles. The fraction of sp³-hybridized carbons (Fsp3) is 0.167. The van der Waals surface area contributed by atoms with Crippen LogP contribution in [0.4, 0.5) is 17.1 Å². The van der Waals surface area contributed by atoms with Crippen molar-refractivity contribution in [2.45, 2.75) is 6.92 Å². The van der Waals surface area contributed by atoms with Crippen LogP contribution in [0.15, 0.2) is 36.7 Å². The lowest BCUT2D eigenvalue weighted by Crippen LogP contribution is -2.12. The van der Waals surface area contributed by atoms with Crippen molar-refractivity contribution in [1.82, 2.24) is 4.98 Å². The van der Waals surface area contributed by atoms with Gasteiger partial charge in [0.25, 0.3) is 0 Å². The number of benzene rings is 1. The average Bonchev–Trinajstić information content (AvgIpc) is 2.69. The summed E-state index contributed by atoms with van der Waals surface area (Å²) in [7, 11) is 2.02. The second-order valence-corrected chi connectivity index (χ2v) is 3.64. The van der Waals surface area contributed by atoms with Gasteiger partial charge < -0.3 is 15.6 Å². The van der Waals surface area contributed by atoms with Crippen LogP contribution in [0.25, 0.3) is 0 Å². The Morgan fingerprint density at radius 3 is 2.67 bits per heavy atom. The molecule has 2 rings (SSSR count). The monoisotopic (exact) mass is 201 g/mol. The Morgan fingerprint density at radius 2 is 2.07 bits per heavy atom. The van der Waals surface area contributed by atoms with Gasteiger partial charge in [-0.3, -0.25) is 0 Å². The van der Waals surface area contributed by atoms with Crippen molar-refractivity contribution in [2.24, 2.45) is 0 Å². The number of aromatic amines is 1. The molecule has 0 radical (unpaired) electrons. The van der Waals surface area contributed by atoms with E-state index in [2.05, 4.69) is 22.9 Å². The highest BCUT2D eigenvalue weighted by molar-refractivity contribution is 5.77. The molecule has 0 amide bonds. The summed E-state index contributed by atoms with van der Waals surface area (Å²) in [4.78, 5) is 5.12. The van der Waals surface area contributed by atoms with Gasteiger partial charge in [0.15, 0.2) is 0 Å². The van der Waals surface area contributed by atoms with E-state index in [0.717, 1.165) is 17.1 Å². The van der Waals surface area contributed by atoms with E-state index in [1.807, 2.05) is 37.6 Å². The maximum Gasteiger partial charge on any atom is 0.0671 e. The van der Waals surface area contributed by atoms with E-state index in [9.17, 15) is 0 Å². The molecule has 0 fully saturated rings. The number of para-hydroxylation sites is 1. The van der Waals surface area contributed by atoms with Gasteiger partial charge in [-0.15, -0.1) is 0 Å². The smallest absolute Gasteiger partial charge is 0.0671 e. The molecule has 1 aromatic heterocycles. The minimum Gasteiger partial charge on any atom is -0.397 e. The molecular formula is C12H15N3. The molecule has 0 saturated heterocycles. The Kier molecular flexibility index (Phi) is 2.37. The summed E-state index contributed by atoms with van der Waals surface area (Å²) in [5, 5.41) is 0. The van der Waals surface area contributed by atoms with Crippen LogP contribution in [0.1, 0.15) is 5.56 Å². The van der Waals surface area contributed by atoms with Crippen LogP contribution in [0.2, 0.25) is 0 Å². The molecule has 0 aliphatic carbocycles. The van der Waals surface area contributed by atoms with Gasteiger partial charge in [-0.1, -0.05) is 12.1 Å². The van der Waals surface area contributed by atoms with E-state index in [1.54, 1.807) is 0 Å². The molecule has 3 nitrogen and oxygen atoms in total. The number of nitrogen functional groups attached to an aromatic ring is 1. The van der Waals surface area contributed by atoms with Gasteiger partial charge in [0.2, 0.25) is 0 Å². The van der Waals surface area contributed by atoms with Crippen LogP contribution < -0.4 is 10.6 Å². The minimum absolute atomic E-state index is 0.804. The SMILES string of the molecule is Cc1cccc(N)c1N(C)c1cc[nH]c1. The number of nitrogens with one attached hydrogen (secondary N) is 1. The van der Waals surface area contributed by atoms with Gasteiger partial charge in [0.1, 0.15) is 0 Å². The highest BCUT2D eigenvalue weighted by atomic mass is 15.1. The topological polar surface area (TPSA) is 45.0 Å². The molecule has 0 aliphatic rings. The number of hydrogen-bond acceptors (Lipinski definition) is 2. The lowest BCUT2D eigenvalue weighted by Gasteiger charge is -2.21. The Labute approximate surface area is 89.5 Å². The normalized spacial score (nSPS) is 10.3. The second kappa shape index (κ2) is 3.69. The van der Waals surface area contributed by atoms with E-state index >= 15 is 0 Å². The van der Waals surface area contributed by atoms with Crippen LogP contribution in [-0.4, -0.2) is 12.0 Å². The molecule has 0 spiro atoms. The average molecular weight is 201 g/mol. The van der Waals surface area contributed by atoms with Crippen LogP contribution >= 0.6 is 0 Å². The number of aromatic nitrogens is 1. The Balaban J connectivity index is 2.46. The molecule has 78 valence electrons. The van der Waals surface area contributed by atoms with Crippen molar-refractivity contribution in [3.8, 4) is 0 Å². The van der Waals surface area contributed by atoms with Gasteiger partial charge >= 0.3 is 0 Å². The van der Waals surface area contributed by atoms with Crippen LogP contribution in [-0.2, 0) is 0 Å². The molecule has 0 bridgehead atoms. The third kappa shape index (κ3) is 1.68. The third-order valence-electron chi connectivity index (χ3n) is 2.57. The molecule has 1 heterocycles. The zero-order chi connectivity index (χ0) is 10.8. The third-order valence-corrected chi connectivity index (χ3v) is 2.57. The first-order chi connectivity index (χ1) is 7.20. The van der Waals surface area contributed by atoms with E-state index in [-0.39, 0.29) is 0 Å². The van der Waals surface area contributed by atoms with Crippen LogP contribution in [0, 0.1) is 6.92 Å². The van der Waals surface area contributed by atoms with Crippen molar-refractivity contribution in [3.63, 3.8) is 0 Å². The largest absolute Gasteiger partial charge is 0.397 e. The van der Waals surface area contributed by atoms with Crippen molar-refractivity contribution in [2.75, 3.05) is 17.7 Å². The van der Waals surface area contributed by atoms with Gasteiger partial charge in [-0.05, 0) is 24.6 Å². The number of aryl methyl sites for hydroxylation is 1. The van der Waals surface area contributed by atoms with Gasteiger partial charge in [0, 0.05) is 19.4 Å². The summed E-state index contributed by atoms with van der Waals surface area (Å²) in [6, 6.07) is 7.98. The summed E-state index contributed by atoms with van der Waals surface area (Å²) < 4.78 is 0. The molecule has 2 aromatic rings. The number of nitrogens with zero attached hydrogens (tertiary/aromatic N) is 1. The van der Waals surface area contributed by atoms with Crippen LogP contribution in [0.3, 0.4) is 0 Å². The highest BCUT2D eigenvalue weighted by Gasteiger charge is 2.09. The number of rotatable bonds is 2. The summed E-state index contributed by atoms with van der Waals surface area (Å²) in [6.45, 7) is 2.06. The minimum atomic E-state index is 0.804. The van der Waals surface area contributed by atoms with E-state index in [4.69, 9.17) is 5.73 Å².